The Labute approximate surface area is 183 Å². The largest absolute Gasteiger partial charge is 0.326 e. The maximum absolute atomic E-state index is 14.0. The summed E-state index contributed by atoms with van der Waals surface area (Å²) < 4.78 is 29.3. The smallest absolute Gasteiger partial charge is 0.260 e. The highest BCUT2D eigenvalue weighted by Gasteiger charge is 2.14. The molecule has 0 spiro atoms. The van der Waals surface area contributed by atoms with Crippen molar-refractivity contribution in [2.45, 2.75) is 33.4 Å². The van der Waals surface area contributed by atoms with Gasteiger partial charge in [0.05, 0.1) is 22.8 Å². The van der Waals surface area contributed by atoms with Crippen LogP contribution < -0.4 is 10.6 Å². The van der Waals surface area contributed by atoms with E-state index < -0.39 is 17.5 Å². The number of aliphatic imine (C=N–C) groups is 1. The molecule has 0 aliphatic rings. The molecule has 31 heavy (non-hydrogen) atoms. The van der Waals surface area contributed by atoms with E-state index in [9.17, 15) is 13.6 Å². The van der Waals surface area contributed by atoms with Gasteiger partial charge < -0.3 is 5.32 Å². The van der Waals surface area contributed by atoms with Gasteiger partial charge in [-0.05, 0) is 43.7 Å². The lowest BCUT2D eigenvalue weighted by Crippen LogP contribution is -2.36. The van der Waals surface area contributed by atoms with Crippen molar-refractivity contribution in [2.24, 2.45) is 4.99 Å². The highest BCUT2D eigenvalue weighted by molar-refractivity contribution is 6.31. The number of rotatable bonds is 6. The number of guanidine groups is 1. The first-order valence-electron chi connectivity index (χ1n) is 9.72. The number of anilines is 1. The summed E-state index contributed by atoms with van der Waals surface area (Å²) in [6.45, 7) is 4.95. The molecule has 162 valence electrons. The molecule has 2 N–H and O–H groups in total. The average Bonchev–Trinajstić information content (AvgIpc) is 3.08. The first-order valence-corrected chi connectivity index (χ1v) is 10.1. The fraction of sp³-hybridized carbons (Fsp3) is 0.227. The fourth-order valence-electron chi connectivity index (χ4n) is 2.86. The van der Waals surface area contributed by atoms with Crippen molar-refractivity contribution in [1.82, 2.24) is 15.1 Å². The molecule has 0 saturated carbocycles. The lowest BCUT2D eigenvalue weighted by molar-refractivity contribution is 0.0973. The highest BCUT2D eigenvalue weighted by Crippen LogP contribution is 2.19. The van der Waals surface area contributed by atoms with Crippen molar-refractivity contribution >= 4 is 29.2 Å². The van der Waals surface area contributed by atoms with Crippen molar-refractivity contribution in [3.63, 3.8) is 0 Å². The topological polar surface area (TPSA) is 71.3 Å². The summed E-state index contributed by atoms with van der Waals surface area (Å²) in [5, 5.41) is 9.83. The van der Waals surface area contributed by atoms with E-state index in [1.807, 2.05) is 17.8 Å². The van der Waals surface area contributed by atoms with Gasteiger partial charge in [-0.2, -0.15) is 5.10 Å². The predicted molar refractivity (Wildman–Crippen MR) is 117 cm³/mol. The molecule has 0 bridgehead atoms. The minimum atomic E-state index is -0.670. The van der Waals surface area contributed by atoms with E-state index in [0.717, 1.165) is 24.2 Å². The predicted octanol–water partition coefficient (Wildman–Crippen LogP) is 4.93. The van der Waals surface area contributed by atoms with E-state index in [1.54, 1.807) is 6.07 Å². The highest BCUT2D eigenvalue weighted by atomic mass is 35.5. The standard InChI is InChI=1S/C22H22ClF2N5O/c1-3-10-30-13-15(14(2)29-30)12-26-22(27-16-8-9-20(25)18(23)11-16)28-21(31)17-6-4-5-7-19(17)24/h4-9,11,13H,3,10,12H2,1-2H3,(H2,26,27,28,31). The number of benzene rings is 2. The van der Waals surface area contributed by atoms with Crippen LogP contribution >= 0.6 is 11.6 Å². The molecular weight excluding hydrogens is 424 g/mol. The molecule has 0 fully saturated rings. The van der Waals surface area contributed by atoms with Gasteiger partial charge in [0.2, 0.25) is 5.96 Å². The van der Waals surface area contributed by atoms with Crippen molar-refractivity contribution in [1.29, 1.82) is 0 Å². The van der Waals surface area contributed by atoms with Crippen LogP contribution in [0, 0.1) is 18.6 Å². The monoisotopic (exact) mass is 445 g/mol. The Kier molecular flexibility index (Phi) is 7.36. The Bertz CT molecular complexity index is 1110. The van der Waals surface area contributed by atoms with Gasteiger partial charge in [-0.25, -0.2) is 13.8 Å². The first kappa shape index (κ1) is 22.4. The fourth-order valence-corrected chi connectivity index (χ4v) is 3.04. The van der Waals surface area contributed by atoms with Crippen LogP contribution in [0.1, 0.15) is 35.0 Å². The summed E-state index contributed by atoms with van der Waals surface area (Å²) in [6.07, 6.45) is 2.84. The number of aryl methyl sites for hydroxylation is 2. The summed E-state index contributed by atoms with van der Waals surface area (Å²) in [5.41, 5.74) is 1.99. The average molecular weight is 446 g/mol. The van der Waals surface area contributed by atoms with Crippen LogP contribution in [0.2, 0.25) is 5.02 Å². The van der Waals surface area contributed by atoms with Gasteiger partial charge in [-0.1, -0.05) is 30.7 Å². The molecule has 0 unspecified atom stereocenters. The number of nitrogens with one attached hydrogen (secondary N) is 2. The number of nitrogens with zero attached hydrogens (tertiary/aromatic N) is 3. The van der Waals surface area contributed by atoms with Gasteiger partial charge >= 0.3 is 0 Å². The van der Waals surface area contributed by atoms with Crippen molar-refractivity contribution in [2.75, 3.05) is 5.32 Å². The van der Waals surface area contributed by atoms with Crippen molar-refractivity contribution in [3.8, 4) is 0 Å². The minimum Gasteiger partial charge on any atom is -0.326 e. The van der Waals surface area contributed by atoms with Crippen LogP contribution in [-0.4, -0.2) is 21.6 Å². The number of carbonyl (C=O) groups is 1. The number of carbonyl (C=O) groups excluding carboxylic acids is 1. The summed E-state index contributed by atoms with van der Waals surface area (Å²) in [6, 6.07) is 9.65. The maximum atomic E-state index is 14.0. The third-order valence-electron chi connectivity index (χ3n) is 4.44. The van der Waals surface area contributed by atoms with Crippen LogP contribution in [0.4, 0.5) is 14.5 Å². The Morgan fingerprint density at radius 1 is 1.19 bits per heavy atom. The molecule has 1 heterocycles. The van der Waals surface area contributed by atoms with Gasteiger partial charge in [0.1, 0.15) is 11.6 Å². The summed E-state index contributed by atoms with van der Waals surface area (Å²) in [7, 11) is 0. The van der Waals surface area contributed by atoms with Gasteiger partial charge in [0.15, 0.2) is 0 Å². The second-order valence-electron chi connectivity index (χ2n) is 6.86. The van der Waals surface area contributed by atoms with E-state index in [1.165, 1.54) is 36.4 Å². The van der Waals surface area contributed by atoms with E-state index >= 15 is 0 Å². The van der Waals surface area contributed by atoms with E-state index in [2.05, 4.69) is 27.6 Å². The van der Waals surface area contributed by atoms with Crippen LogP contribution in [0.15, 0.2) is 53.7 Å². The van der Waals surface area contributed by atoms with Gasteiger partial charge in [0, 0.05) is 24.0 Å². The lowest BCUT2D eigenvalue weighted by atomic mass is 10.2. The number of hydrogen-bond acceptors (Lipinski definition) is 3. The quantitative estimate of drug-likeness (QED) is 0.417. The van der Waals surface area contributed by atoms with Gasteiger partial charge in [0.25, 0.3) is 5.91 Å². The first-order chi connectivity index (χ1) is 14.9. The number of aromatic nitrogens is 2. The zero-order valence-electron chi connectivity index (χ0n) is 17.1. The molecule has 6 nitrogen and oxygen atoms in total. The molecule has 3 aromatic rings. The Balaban J connectivity index is 1.85. The number of hydrogen-bond donors (Lipinski definition) is 2. The molecule has 9 heteroatoms. The summed E-state index contributed by atoms with van der Waals surface area (Å²) >= 11 is 5.84. The van der Waals surface area contributed by atoms with Gasteiger partial charge in [-0.3, -0.25) is 14.8 Å². The maximum Gasteiger partial charge on any atom is 0.260 e. The van der Waals surface area contributed by atoms with Crippen molar-refractivity contribution in [3.05, 3.63) is 82.1 Å². The molecule has 0 radical (unpaired) electrons. The number of halogens is 3. The van der Waals surface area contributed by atoms with E-state index in [0.29, 0.717) is 5.69 Å². The molecule has 1 aromatic heterocycles. The summed E-state index contributed by atoms with van der Waals surface area (Å²) in [5.74, 6) is -1.82. The normalized spacial score (nSPS) is 11.5. The second kappa shape index (κ2) is 10.2. The third-order valence-corrected chi connectivity index (χ3v) is 4.73. The SMILES string of the molecule is CCCn1cc(CN=C(NC(=O)c2ccccc2F)Nc2ccc(F)c(Cl)c2)c(C)n1. The van der Waals surface area contributed by atoms with Crippen LogP contribution in [0.3, 0.4) is 0 Å². The van der Waals surface area contributed by atoms with Crippen LogP contribution in [-0.2, 0) is 13.1 Å². The van der Waals surface area contributed by atoms with E-state index in [-0.39, 0.29) is 23.1 Å². The van der Waals surface area contributed by atoms with Crippen LogP contribution in [0.25, 0.3) is 0 Å². The minimum absolute atomic E-state index is 0.0681. The molecule has 0 aliphatic heterocycles. The van der Waals surface area contributed by atoms with Gasteiger partial charge in [-0.15, -0.1) is 0 Å². The molecule has 3 rings (SSSR count). The molecule has 2 aromatic carbocycles. The van der Waals surface area contributed by atoms with E-state index in [4.69, 9.17) is 11.6 Å². The van der Waals surface area contributed by atoms with Crippen molar-refractivity contribution < 1.29 is 13.6 Å². The molecule has 0 aliphatic carbocycles. The molecular formula is C22H22ClF2N5O. The molecule has 0 atom stereocenters. The zero-order chi connectivity index (χ0) is 22.4. The Morgan fingerprint density at radius 3 is 2.68 bits per heavy atom. The summed E-state index contributed by atoms with van der Waals surface area (Å²) in [4.78, 5) is 17.0. The number of amides is 1. The lowest BCUT2D eigenvalue weighted by Gasteiger charge is -2.12. The Hall–Kier alpha value is -3.26. The van der Waals surface area contributed by atoms with Crippen LogP contribution in [0.5, 0.6) is 0 Å². The Morgan fingerprint density at radius 2 is 1.97 bits per heavy atom. The zero-order valence-corrected chi connectivity index (χ0v) is 17.9. The third kappa shape index (κ3) is 5.88. The molecule has 1 amide bonds. The second-order valence-corrected chi connectivity index (χ2v) is 7.26. The molecule has 0 saturated heterocycles.